The Morgan fingerprint density at radius 3 is 2.25 bits per heavy atom. The van der Waals surface area contributed by atoms with Gasteiger partial charge in [-0.3, -0.25) is 0 Å². The van der Waals surface area contributed by atoms with Crippen molar-refractivity contribution in [2.75, 3.05) is 0 Å². The summed E-state index contributed by atoms with van der Waals surface area (Å²) in [6.45, 7) is 0. The molecule has 0 bridgehead atoms. The lowest BCUT2D eigenvalue weighted by Gasteiger charge is -2.14. The summed E-state index contributed by atoms with van der Waals surface area (Å²) in [5, 5.41) is -0.177. The van der Waals surface area contributed by atoms with Crippen LogP contribution in [0.1, 0.15) is 19.3 Å². The molecule has 1 aromatic carbocycles. The molecular formula is C11H12Cl2O2S. The Labute approximate surface area is 105 Å². The molecule has 1 aliphatic carbocycles. The lowest BCUT2D eigenvalue weighted by Crippen LogP contribution is -2.25. The van der Waals surface area contributed by atoms with Crippen molar-refractivity contribution < 1.29 is 8.42 Å². The molecule has 0 radical (unpaired) electrons. The number of hydrogen-bond donors (Lipinski definition) is 0. The first-order chi connectivity index (χ1) is 7.51. The molecule has 0 aliphatic heterocycles. The van der Waals surface area contributed by atoms with Crippen LogP contribution in [0, 0.1) is 0 Å². The second-order valence-electron chi connectivity index (χ2n) is 3.98. The first-order valence-electron chi connectivity index (χ1n) is 5.15. The smallest absolute Gasteiger partial charge is 0.182 e. The van der Waals surface area contributed by atoms with Gasteiger partial charge in [-0.1, -0.05) is 18.0 Å². The van der Waals surface area contributed by atoms with Gasteiger partial charge in [-0.2, -0.15) is 0 Å². The van der Waals surface area contributed by atoms with Crippen LogP contribution in [0.15, 0.2) is 29.2 Å². The van der Waals surface area contributed by atoms with Gasteiger partial charge in [-0.05, 0) is 37.1 Å². The van der Waals surface area contributed by atoms with Gasteiger partial charge < -0.3 is 0 Å². The summed E-state index contributed by atoms with van der Waals surface area (Å²) in [5.41, 5.74) is 0. The van der Waals surface area contributed by atoms with Crippen molar-refractivity contribution in [3.63, 3.8) is 0 Å². The first kappa shape index (κ1) is 12.2. The van der Waals surface area contributed by atoms with Crippen molar-refractivity contribution in [1.82, 2.24) is 0 Å². The fraction of sp³-hybridized carbons (Fsp3) is 0.455. The Bertz CT molecular complexity index is 467. The van der Waals surface area contributed by atoms with E-state index in [9.17, 15) is 8.42 Å². The van der Waals surface area contributed by atoms with E-state index in [-0.39, 0.29) is 5.38 Å². The van der Waals surface area contributed by atoms with Crippen molar-refractivity contribution in [2.24, 2.45) is 0 Å². The van der Waals surface area contributed by atoms with E-state index < -0.39 is 15.1 Å². The van der Waals surface area contributed by atoms with Gasteiger partial charge >= 0.3 is 0 Å². The van der Waals surface area contributed by atoms with Crippen LogP contribution >= 0.6 is 23.2 Å². The highest BCUT2D eigenvalue weighted by atomic mass is 35.5. The van der Waals surface area contributed by atoms with E-state index in [4.69, 9.17) is 23.2 Å². The van der Waals surface area contributed by atoms with Crippen LogP contribution < -0.4 is 0 Å². The van der Waals surface area contributed by atoms with Gasteiger partial charge in [0, 0.05) is 5.02 Å². The van der Waals surface area contributed by atoms with Gasteiger partial charge in [0.2, 0.25) is 0 Å². The van der Waals surface area contributed by atoms with Crippen LogP contribution in [0.4, 0.5) is 0 Å². The Morgan fingerprint density at radius 2 is 1.75 bits per heavy atom. The largest absolute Gasteiger partial charge is 0.223 e. The highest BCUT2D eigenvalue weighted by Gasteiger charge is 2.37. The standard InChI is InChI=1S/C11H12Cl2O2S/c12-8-4-6-9(7-5-8)16(14,15)11-3-1-2-10(11)13/h4-7,10-11H,1-3H2/t10-,11+/m0/s1. The van der Waals surface area contributed by atoms with Crippen LogP contribution in [0.2, 0.25) is 5.02 Å². The van der Waals surface area contributed by atoms with Gasteiger partial charge in [0.1, 0.15) is 0 Å². The molecule has 0 saturated heterocycles. The second-order valence-corrected chi connectivity index (χ2v) is 7.15. The molecule has 2 rings (SSSR count). The molecule has 1 aromatic rings. The molecule has 16 heavy (non-hydrogen) atoms. The Hall–Kier alpha value is -0.250. The summed E-state index contributed by atoms with van der Waals surface area (Å²) >= 11 is 11.8. The van der Waals surface area contributed by atoms with Crippen molar-refractivity contribution >= 4 is 33.0 Å². The molecule has 5 heteroatoms. The highest BCUT2D eigenvalue weighted by Crippen LogP contribution is 2.33. The van der Waals surface area contributed by atoms with Crippen LogP contribution in [0.25, 0.3) is 0 Å². The number of rotatable bonds is 2. The third-order valence-corrected chi connectivity index (χ3v) is 6.13. The maximum Gasteiger partial charge on any atom is 0.182 e. The maximum absolute atomic E-state index is 12.2. The zero-order valence-corrected chi connectivity index (χ0v) is 10.9. The van der Waals surface area contributed by atoms with E-state index in [1.807, 2.05) is 0 Å². The third-order valence-electron chi connectivity index (χ3n) is 2.91. The van der Waals surface area contributed by atoms with Crippen LogP contribution in [-0.4, -0.2) is 19.0 Å². The van der Waals surface area contributed by atoms with Crippen molar-refractivity contribution in [2.45, 2.75) is 34.8 Å². The molecule has 0 unspecified atom stereocenters. The average Bonchev–Trinajstić information content (AvgIpc) is 2.66. The number of hydrogen-bond acceptors (Lipinski definition) is 2. The molecule has 1 aliphatic rings. The minimum atomic E-state index is -3.30. The van der Waals surface area contributed by atoms with Gasteiger partial charge in [0.05, 0.1) is 15.5 Å². The minimum Gasteiger partial charge on any atom is -0.223 e. The van der Waals surface area contributed by atoms with E-state index in [1.54, 1.807) is 24.3 Å². The molecule has 0 spiro atoms. The van der Waals surface area contributed by atoms with E-state index >= 15 is 0 Å². The summed E-state index contributed by atoms with van der Waals surface area (Å²) in [6.07, 6.45) is 2.31. The maximum atomic E-state index is 12.2. The lowest BCUT2D eigenvalue weighted by molar-refractivity contribution is 0.580. The number of sulfone groups is 1. The lowest BCUT2D eigenvalue weighted by atomic mass is 10.4. The third kappa shape index (κ3) is 2.22. The SMILES string of the molecule is O=S(=O)(c1ccc(Cl)cc1)[C@@H]1CCC[C@@H]1Cl. The average molecular weight is 279 g/mol. The van der Waals surface area contributed by atoms with Crippen LogP contribution in [0.3, 0.4) is 0 Å². The van der Waals surface area contributed by atoms with Gasteiger partial charge in [-0.25, -0.2) is 8.42 Å². The van der Waals surface area contributed by atoms with Crippen LogP contribution in [-0.2, 0) is 9.84 Å². The number of alkyl halides is 1. The Balaban J connectivity index is 2.35. The van der Waals surface area contributed by atoms with E-state index in [0.717, 1.165) is 12.8 Å². The minimum absolute atomic E-state index is 0.263. The Kier molecular flexibility index (Phi) is 3.48. The number of benzene rings is 1. The summed E-state index contributed by atoms with van der Waals surface area (Å²) < 4.78 is 24.5. The molecule has 1 saturated carbocycles. The molecule has 0 N–H and O–H groups in total. The molecule has 2 nitrogen and oxygen atoms in total. The molecular weight excluding hydrogens is 267 g/mol. The topological polar surface area (TPSA) is 34.1 Å². The predicted molar refractivity (Wildman–Crippen MR) is 65.9 cm³/mol. The van der Waals surface area contributed by atoms with Crippen molar-refractivity contribution in [3.05, 3.63) is 29.3 Å². The van der Waals surface area contributed by atoms with Crippen molar-refractivity contribution in [1.29, 1.82) is 0 Å². The van der Waals surface area contributed by atoms with E-state index in [1.165, 1.54) is 0 Å². The van der Waals surface area contributed by atoms with Gasteiger partial charge in [0.15, 0.2) is 9.84 Å². The van der Waals surface area contributed by atoms with Gasteiger partial charge in [0.25, 0.3) is 0 Å². The molecule has 2 atom stereocenters. The summed E-state index contributed by atoms with van der Waals surface area (Å²) in [7, 11) is -3.30. The zero-order valence-electron chi connectivity index (χ0n) is 8.57. The molecule has 1 fully saturated rings. The van der Waals surface area contributed by atoms with E-state index in [0.29, 0.717) is 16.3 Å². The second kappa shape index (κ2) is 4.55. The number of halogens is 2. The monoisotopic (exact) mass is 278 g/mol. The molecule has 0 aromatic heterocycles. The molecule has 0 heterocycles. The predicted octanol–water partition coefficient (Wildman–Crippen LogP) is 3.27. The first-order valence-corrected chi connectivity index (χ1v) is 7.51. The van der Waals surface area contributed by atoms with Gasteiger partial charge in [-0.15, -0.1) is 11.6 Å². The Morgan fingerprint density at radius 1 is 1.12 bits per heavy atom. The molecule has 88 valence electrons. The molecule has 0 amide bonds. The highest BCUT2D eigenvalue weighted by molar-refractivity contribution is 7.92. The van der Waals surface area contributed by atoms with Crippen molar-refractivity contribution in [3.8, 4) is 0 Å². The van der Waals surface area contributed by atoms with E-state index in [2.05, 4.69) is 0 Å². The summed E-state index contributed by atoms with van der Waals surface area (Å²) in [5.74, 6) is 0. The zero-order chi connectivity index (χ0) is 11.8. The normalized spacial score (nSPS) is 25.9. The fourth-order valence-corrected chi connectivity index (χ4v) is 4.71. The summed E-state index contributed by atoms with van der Waals surface area (Å²) in [6, 6.07) is 6.26. The quantitative estimate of drug-likeness (QED) is 0.778. The summed E-state index contributed by atoms with van der Waals surface area (Å²) in [4.78, 5) is 0.314. The fourth-order valence-electron chi connectivity index (χ4n) is 2.03. The van der Waals surface area contributed by atoms with Crippen LogP contribution in [0.5, 0.6) is 0 Å².